The number of hydrogen-bond donors (Lipinski definition) is 2. The zero-order valence-electron chi connectivity index (χ0n) is 17.3. The van der Waals surface area contributed by atoms with Crippen molar-refractivity contribution in [3.63, 3.8) is 0 Å². The van der Waals surface area contributed by atoms with Gasteiger partial charge in [-0.1, -0.05) is 38.5 Å². The summed E-state index contributed by atoms with van der Waals surface area (Å²) in [5.74, 6) is 0.461. The van der Waals surface area contributed by atoms with E-state index in [2.05, 4.69) is 41.4 Å². The van der Waals surface area contributed by atoms with Gasteiger partial charge in [0.25, 0.3) is 5.91 Å². The number of aromatic nitrogens is 2. The molecule has 0 bridgehead atoms. The monoisotopic (exact) mass is 396 g/mol. The largest absolute Gasteiger partial charge is 0.371 e. The number of rotatable bonds is 4. The molecule has 0 spiro atoms. The molecule has 2 N–H and O–H groups in total. The molecule has 0 aliphatic carbocycles. The summed E-state index contributed by atoms with van der Waals surface area (Å²) in [7, 11) is 0. The first-order valence-electron chi connectivity index (χ1n) is 10.0. The van der Waals surface area contributed by atoms with Crippen molar-refractivity contribution in [3.05, 3.63) is 53.3 Å². The molecule has 1 aromatic heterocycles. The smallest absolute Gasteiger partial charge is 0.251 e. The lowest BCUT2D eigenvalue weighted by Crippen LogP contribution is -2.44. The van der Waals surface area contributed by atoms with Crippen LogP contribution in [0.4, 0.5) is 5.95 Å². The van der Waals surface area contributed by atoms with Gasteiger partial charge < -0.3 is 20.1 Å². The average Bonchev–Trinajstić information content (AvgIpc) is 3.25. The van der Waals surface area contributed by atoms with Gasteiger partial charge in [0.2, 0.25) is 5.95 Å². The number of ether oxygens (including phenoxy) is 2. The highest BCUT2D eigenvalue weighted by molar-refractivity contribution is 5.94. The van der Waals surface area contributed by atoms with Crippen LogP contribution in [0.25, 0.3) is 0 Å². The van der Waals surface area contributed by atoms with Crippen molar-refractivity contribution < 1.29 is 14.3 Å². The molecule has 2 aliphatic rings. The van der Waals surface area contributed by atoms with E-state index in [9.17, 15) is 4.79 Å². The second kappa shape index (κ2) is 7.72. The van der Waals surface area contributed by atoms with Gasteiger partial charge in [0.15, 0.2) is 0 Å². The van der Waals surface area contributed by atoms with Crippen LogP contribution in [0.1, 0.15) is 42.4 Å². The Hall–Kier alpha value is -2.51. The number of fused-ring (bicyclic) bond motifs is 1. The van der Waals surface area contributed by atoms with E-state index < -0.39 is 0 Å². The maximum Gasteiger partial charge on any atom is 0.251 e. The van der Waals surface area contributed by atoms with Gasteiger partial charge in [0.05, 0.1) is 31.0 Å². The summed E-state index contributed by atoms with van der Waals surface area (Å²) < 4.78 is 11.9. The Balaban J connectivity index is 1.39. The quantitative estimate of drug-likeness (QED) is 0.826. The molecular weight excluding hydrogens is 368 g/mol. The normalized spacial score (nSPS) is 26.2. The first kappa shape index (κ1) is 19.8. The highest BCUT2D eigenvalue weighted by Gasteiger charge is 2.48. The number of aryl methyl sites for hydroxylation is 1. The minimum atomic E-state index is -0.187. The number of nitrogens with one attached hydrogen (secondary N) is 2. The molecule has 4 atom stereocenters. The Morgan fingerprint density at radius 2 is 1.69 bits per heavy atom. The molecule has 4 rings (SSSR count). The number of hydrogen-bond acceptors (Lipinski definition) is 6. The standard InChI is InChI=1S/C22H28N4O3/c1-13-5-7-14(8-6-13)20(27)24-15-11-28-19-16(12-29-18(15)19)25-21-23-10-9-17(26-21)22(2,3)4/h5-10,15-16,18-19H,11-12H2,1-4H3,(H,24,27)(H,23,25,26)/t15-,16+,18-,19+/m1/s1. The van der Waals surface area contributed by atoms with Crippen molar-refractivity contribution in [1.29, 1.82) is 0 Å². The second-order valence-electron chi connectivity index (χ2n) is 8.81. The molecule has 2 aliphatic heterocycles. The van der Waals surface area contributed by atoms with Crippen molar-refractivity contribution in [3.8, 4) is 0 Å². The maximum absolute atomic E-state index is 12.5. The van der Waals surface area contributed by atoms with E-state index in [-0.39, 0.29) is 35.6 Å². The molecule has 154 valence electrons. The number of benzene rings is 1. The lowest BCUT2D eigenvalue weighted by Gasteiger charge is -2.21. The van der Waals surface area contributed by atoms with Crippen LogP contribution in [-0.4, -0.2) is 53.4 Å². The first-order chi connectivity index (χ1) is 13.8. The van der Waals surface area contributed by atoms with Crippen LogP contribution < -0.4 is 10.6 Å². The first-order valence-corrected chi connectivity index (χ1v) is 10.0. The summed E-state index contributed by atoms with van der Waals surface area (Å²) in [5.41, 5.74) is 2.68. The van der Waals surface area contributed by atoms with E-state index in [0.29, 0.717) is 24.7 Å². The molecule has 7 nitrogen and oxygen atoms in total. The van der Waals surface area contributed by atoms with E-state index in [1.807, 2.05) is 37.3 Å². The number of carbonyl (C=O) groups excluding carboxylic acids is 1. The number of amides is 1. The minimum absolute atomic E-state index is 0.0523. The SMILES string of the molecule is Cc1ccc(C(=O)N[C@@H]2CO[C@@H]3[C@@H]2OC[C@@H]3Nc2nccc(C(C)(C)C)n2)cc1. The summed E-state index contributed by atoms with van der Waals surface area (Å²) in [6, 6.07) is 9.22. The molecular formula is C22H28N4O3. The fourth-order valence-electron chi connectivity index (χ4n) is 3.72. The highest BCUT2D eigenvalue weighted by Crippen LogP contribution is 2.29. The predicted octanol–water partition coefficient (Wildman–Crippen LogP) is 2.46. The van der Waals surface area contributed by atoms with Gasteiger partial charge in [-0.25, -0.2) is 9.97 Å². The zero-order valence-corrected chi connectivity index (χ0v) is 17.3. The number of carbonyl (C=O) groups is 1. The van der Waals surface area contributed by atoms with Gasteiger partial charge >= 0.3 is 0 Å². The zero-order chi connectivity index (χ0) is 20.6. The van der Waals surface area contributed by atoms with Gasteiger partial charge in [-0.15, -0.1) is 0 Å². The second-order valence-corrected chi connectivity index (χ2v) is 8.81. The summed E-state index contributed by atoms with van der Waals surface area (Å²) in [6.07, 6.45) is 1.43. The van der Waals surface area contributed by atoms with Crippen LogP contribution in [0.15, 0.2) is 36.5 Å². The molecule has 7 heteroatoms. The molecule has 2 fully saturated rings. The Morgan fingerprint density at radius 3 is 2.38 bits per heavy atom. The van der Waals surface area contributed by atoms with Crippen LogP contribution in [0, 0.1) is 6.92 Å². The third-order valence-corrected chi connectivity index (χ3v) is 5.42. The van der Waals surface area contributed by atoms with Crippen LogP contribution in [0.5, 0.6) is 0 Å². The summed E-state index contributed by atoms with van der Waals surface area (Å²) >= 11 is 0. The summed E-state index contributed by atoms with van der Waals surface area (Å²) in [5, 5.41) is 6.40. The number of nitrogens with zero attached hydrogens (tertiary/aromatic N) is 2. The fraction of sp³-hybridized carbons (Fsp3) is 0.500. The molecule has 2 saturated heterocycles. The van der Waals surface area contributed by atoms with Gasteiger partial charge in [0, 0.05) is 17.2 Å². The Labute approximate surface area is 171 Å². The van der Waals surface area contributed by atoms with Crippen LogP contribution in [0.2, 0.25) is 0 Å². The topological polar surface area (TPSA) is 85.4 Å². The Bertz CT molecular complexity index is 878. The maximum atomic E-state index is 12.5. The molecule has 0 saturated carbocycles. The average molecular weight is 396 g/mol. The lowest BCUT2D eigenvalue weighted by molar-refractivity contribution is 0.0652. The van der Waals surface area contributed by atoms with E-state index in [4.69, 9.17) is 9.47 Å². The van der Waals surface area contributed by atoms with Crippen molar-refractivity contribution in [2.45, 2.75) is 57.4 Å². The highest BCUT2D eigenvalue weighted by atomic mass is 16.6. The Kier molecular flexibility index (Phi) is 5.27. The van der Waals surface area contributed by atoms with E-state index >= 15 is 0 Å². The van der Waals surface area contributed by atoms with Gasteiger partial charge in [-0.2, -0.15) is 0 Å². The van der Waals surface area contributed by atoms with Crippen LogP contribution in [-0.2, 0) is 14.9 Å². The minimum Gasteiger partial charge on any atom is -0.371 e. The fourth-order valence-corrected chi connectivity index (χ4v) is 3.72. The van der Waals surface area contributed by atoms with Gasteiger partial charge in [-0.05, 0) is 25.1 Å². The molecule has 0 radical (unpaired) electrons. The molecule has 0 unspecified atom stereocenters. The van der Waals surface area contributed by atoms with Crippen molar-refractivity contribution in [1.82, 2.24) is 15.3 Å². The molecule has 1 amide bonds. The molecule has 3 heterocycles. The predicted molar refractivity (Wildman–Crippen MR) is 110 cm³/mol. The van der Waals surface area contributed by atoms with Crippen LogP contribution in [0.3, 0.4) is 0 Å². The van der Waals surface area contributed by atoms with E-state index in [1.54, 1.807) is 6.20 Å². The van der Waals surface area contributed by atoms with Gasteiger partial charge in [-0.3, -0.25) is 4.79 Å². The van der Waals surface area contributed by atoms with Crippen molar-refractivity contribution in [2.75, 3.05) is 18.5 Å². The van der Waals surface area contributed by atoms with Crippen LogP contribution >= 0.6 is 0 Å². The molecule has 29 heavy (non-hydrogen) atoms. The van der Waals surface area contributed by atoms with Crippen molar-refractivity contribution >= 4 is 11.9 Å². The third kappa shape index (κ3) is 4.26. The molecule has 1 aromatic carbocycles. The van der Waals surface area contributed by atoms with Gasteiger partial charge in [0.1, 0.15) is 12.2 Å². The Morgan fingerprint density at radius 1 is 1.03 bits per heavy atom. The van der Waals surface area contributed by atoms with E-state index in [1.165, 1.54) is 0 Å². The van der Waals surface area contributed by atoms with E-state index in [0.717, 1.165) is 11.3 Å². The summed E-state index contributed by atoms with van der Waals surface area (Å²) in [6.45, 7) is 9.26. The third-order valence-electron chi connectivity index (χ3n) is 5.42. The number of anilines is 1. The lowest BCUT2D eigenvalue weighted by atomic mass is 9.92. The van der Waals surface area contributed by atoms with Crippen molar-refractivity contribution in [2.24, 2.45) is 0 Å². The molecule has 2 aromatic rings. The summed E-state index contributed by atoms with van der Waals surface area (Å²) in [4.78, 5) is 21.5.